The molecule has 2 heterocycles. The lowest BCUT2D eigenvalue weighted by atomic mass is 10.2. The van der Waals surface area contributed by atoms with Gasteiger partial charge in [0.2, 0.25) is 12.4 Å². The van der Waals surface area contributed by atoms with Gasteiger partial charge in [-0.05, 0) is 25.5 Å². The van der Waals surface area contributed by atoms with Crippen LogP contribution in [0.5, 0.6) is 5.75 Å². The lowest BCUT2D eigenvalue weighted by molar-refractivity contribution is -0.904. The lowest BCUT2D eigenvalue weighted by Crippen LogP contribution is -2.27. The molecule has 0 aliphatic rings. The van der Waals surface area contributed by atoms with Gasteiger partial charge in [-0.25, -0.2) is 0 Å². The molecule has 0 saturated heterocycles. The second-order valence-corrected chi connectivity index (χ2v) is 3.53. The summed E-state index contributed by atoms with van der Waals surface area (Å²) in [6.45, 7) is 3.89. The van der Waals surface area contributed by atoms with Crippen molar-refractivity contribution in [3.8, 4) is 5.75 Å². The first kappa shape index (κ1) is 13.0. The van der Waals surface area contributed by atoms with Gasteiger partial charge in [0.05, 0.1) is 5.69 Å². The Kier molecular flexibility index (Phi) is 4.94. The first-order valence-electron chi connectivity index (χ1n) is 5.44. The van der Waals surface area contributed by atoms with E-state index < -0.39 is 0 Å². The fourth-order valence-electron chi connectivity index (χ4n) is 1.25. The number of hydrogen-bond acceptors (Lipinski definition) is 3. The summed E-state index contributed by atoms with van der Waals surface area (Å²) in [6, 6.07) is 8.82. The molecule has 0 amide bonds. The van der Waals surface area contributed by atoms with Gasteiger partial charge in [-0.3, -0.25) is 10.2 Å². The lowest BCUT2D eigenvalue weighted by Gasteiger charge is -1.99. The van der Waals surface area contributed by atoms with Crippen molar-refractivity contribution in [1.29, 1.82) is 0 Å². The molecule has 0 spiro atoms. The third-order valence-electron chi connectivity index (χ3n) is 2.12. The molecule has 0 fully saturated rings. The van der Waals surface area contributed by atoms with Crippen molar-refractivity contribution in [2.75, 3.05) is 0 Å². The molecule has 17 heavy (non-hydrogen) atoms. The third kappa shape index (κ3) is 4.51. The second kappa shape index (κ2) is 6.48. The van der Waals surface area contributed by atoms with Crippen LogP contribution in [0.3, 0.4) is 0 Å². The Morgan fingerprint density at radius 3 is 2.24 bits per heavy atom. The number of hydrogen-bond donors (Lipinski definition) is 2. The Hall–Kier alpha value is -2.10. The molecule has 4 nitrogen and oxygen atoms in total. The molecule has 0 radical (unpaired) electrons. The van der Waals surface area contributed by atoms with Crippen LogP contribution in [-0.2, 0) is 6.42 Å². The number of aryl methyl sites for hydroxylation is 2. The van der Waals surface area contributed by atoms with Gasteiger partial charge in [-0.2, -0.15) is 0 Å². The average Bonchev–Trinajstić information content (AvgIpc) is 2.34. The molecule has 2 rings (SSSR count). The summed E-state index contributed by atoms with van der Waals surface area (Å²) < 4.78 is 1.00. The number of aromatic hydroxyl groups is 1. The smallest absolute Gasteiger partial charge is 0.222 e. The van der Waals surface area contributed by atoms with Gasteiger partial charge in [-0.15, -0.1) is 0 Å². The first-order chi connectivity index (χ1) is 8.13. The van der Waals surface area contributed by atoms with Crippen molar-refractivity contribution in [2.45, 2.75) is 20.3 Å². The predicted octanol–water partition coefficient (Wildman–Crippen LogP) is 1.87. The third-order valence-corrected chi connectivity index (χ3v) is 2.12. The van der Waals surface area contributed by atoms with Crippen LogP contribution >= 0.6 is 0 Å². The van der Waals surface area contributed by atoms with Gasteiger partial charge in [0.15, 0.2) is 0 Å². The second-order valence-electron chi connectivity index (χ2n) is 3.53. The molecule has 0 bridgehead atoms. The Morgan fingerprint density at radius 1 is 1.18 bits per heavy atom. The van der Waals surface area contributed by atoms with Crippen LogP contribution in [0.1, 0.15) is 18.3 Å². The molecular formula is C13H17N2O2+. The Labute approximate surface area is 101 Å². The normalized spacial score (nSPS) is 9.29. The standard InChI is InChI=1S/C8H11NO.C5H6NO/c1-3-7-8(10)5-4-6(2)9-7;7-6-4-2-1-3-5-6/h4-5,10H,3H2,1-2H3;1-5,7H/q;+1. The molecule has 4 heteroatoms. The molecule has 0 saturated carbocycles. The molecule has 90 valence electrons. The molecule has 2 aromatic heterocycles. The SMILES string of the molecule is CCc1nc(C)ccc1O.O[n+]1ccccc1. The van der Waals surface area contributed by atoms with Gasteiger partial charge < -0.3 is 5.11 Å². The van der Waals surface area contributed by atoms with Crippen LogP contribution in [0.25, 0.3) is 0 Å². The minimum atomic E-state index is 0.299. The fourth-order valence-corrected chi connectivity index (χ4v) is 1.25. The van der Waals surface area contributed by atoms with E-state index in [1.54, 1.807) is 36.7 Å². The highest BCUT2D eigenvalue weighted by Crippen LogP contribution is 2.14. The fraction of sp³-hybridized carbons (Fsp3) is 0.231. The molecule has 0 aliphatic heterocycles. The molecule has 2 aromatic rings. The van der Waals surface area contributed by atoms with Crippen molar-refractivity contribution >= 4 is 0 Å². The Morgan fingerprint density at radius 2 is 1.82 bits per heavy atom. The van der Waals surface area contributed by atoms with E-state index in [0.29, 0.717) is 5.75 Å². The highest BCUT2D eigenvalue weighted by molar-refractivity contribution is 5.27. The van der Waals surface area contributed by atoms with Crippen LogP contribution in [-0.4, -0.2) is 15.3 Å². The molecular weight excluding hydrogens is 216 g/mol. The quantitative estimate of drug-likeness (QED) is 0.584. The highest BCUT2D eigenvalue weighted by atomic mass is 16.5. The summed E-state index contributed by atoms with van der Waals surface area (Å²) in [4.78, 5) is 4.14. The van der Waals surface area contributed by atoms with Crippen LogP contribution in [0.4, 0.5) is 0 Å². The Bertz CT molecular complexity index is 458. The molecule has 0 unspecified atom stereocenters. The topological polar surface area (TPSA) is 57.2 Å². The van der Waals surface area contributed by atoms with Crippen LogP contribution in [0.15, 0.2) is 42.7 Å². The van der Waals surface area contributed by atoms with Gasteiger partial charge in [-0.1, -0.05) is 13.0 Å². The zero-order valence-electron chi connectivity index (χ0n) is 10.0. The molecule has 2 N–H and O–H groups in total. The monoisotopic (exact) mass is 233 g/mol. The van der Waals surface area contributed by atoms with Crippen LogP contribution < -0.4 is 4.73 Å². The summed E-state index contributed by atoms with van der Waals surface area (Å²) in [7, 11) is 0. The van der Waals surface area contributed by atoms with Crippen LogP contribution in [0.2, 0.25) is 0 Å². The number of nitrogens with zero attached hydrogens (tertiary/aromatic N) is 2. The maximum atomic E-state index is 9.17. The van der Waals surface area contributed by atoms with Gasteiger partial charge in [0, 0.05) is 22.6 Å². The highest BCUT2D eigenvalue weighted by Gasteiger charge is 1.97. The largest absolute Gasteiger partial charge is 0.506 e. The first-order valence-corrected chi connectivity index (χ1v) is 5.44. The maximum Gasteiger partial charge on any atom is 0.222 e. The van der Waals surface area contributed by atoms with Gasteiger partial charge in [0.25, 0.3) is 0 Å². The Balaban J connectivity index is 0.000000181. The number of pyridine rings is 2. The zero-order chi connectivity index (χ0) is 12.7. The maximum absolute atomic E-state index is 9.17. The van der Waals surface area contributed by atoms with Crippen molar-refractivity contribution in [2.24, 2.45) is 0 Å². The van der Waals surface area contributed by atoms with E-state index in [2.05, 4.69) is 4.98 Å². The van der Waals surface area contributed by atoms with Gasteiger partial charge in [0.1, 0.15) is 5.75 Å². The number of aromatic nitrogens is 2. The summed E-state index contributed by atoms with van der Waals surface area (Å²) in [6.07, 6.45) is 3.90. The van der Waals surface area contributed by atoms with Crippen molar-refractivity contribution in [3.05, 3.63) is 54.1 Å². The minimum absolute atomic E-state index is 0.299. The van der Waals surface area contributed by atoms with E-state index in [4.69, 9.17) is 5.21 Å². The number of rotatable bonds is 1. The van der Waals surface area contributed by atoms with Crippen molar-refractivity contribution < 1.29 is 15.0 Å². The van der Waals surface area contributed by atoms with Gasteiger partial charge >= 0.3 is 0 Å². The summed E-state index contributed by atoms with van der Waals surface area (Å²) in [5.41, 5.74) is 1.73. The predicted molar refractivity (Wildman–Crippen MR) is 63.8 cm³/mol. The minimum Gasteiger partial charge on any atom is -0.506 e. The van der Waals surface area contributed by atoms with Crippen molar-refractivity contribution in [1.82, 2.24) is 4.98 Å². The van der Waals surface area contributed by atoms with E-state index in [1.165, 1.54) is 0 Å². The van der Waals surface area contributed by atoms with E-state index in [-0.39, 0.29) is 0 Å². The van der Waals surface area contributed by atoms with E-state index in [0.717, 1.165) is 22.5 Å². The molecule has 0 aromatic carbocycles. The summed E-state index contributed by atoms with van der Waals surface area (Å²) in [5, 5.41) is 17.7. The van der Waals surface area contributed by atoms with E-state index in [9.17, 15) is 5.11 Å². The van der Waals surface area contributed by atoms with Crippen molar-refractivity contribution in [3.63, 3.8) is 0 Å². The zero-order valence-corrected chi connectivity index (χ0v) is 10.0. The summed E-state index contributed by atoms with van der Waals surface area (Å²) in [5.74, 6) is 0.299. The average molecular weight is 233 g/mol. The summed E-state index contributed by atoms with van der Waals surface area (Å²) >= 11 is 0. The van der Waals surface area contributed by atoms with E-state index in [1.807, 2.05) is 19.9 Å². The molecule has 0 aliphatic carbocycles. The van der Waals surface area contributed by atoms with E-state index >= 15 is 0 Å². The molecule has 0 atom stereocenters. The van der Waals surface area contributed by atoms with Crippen LogP contribution in [0, 0.1) is 6.92 Å².